The average Bonchev–Trinajstić information content (AvgIpc) is 2.45. The Labute approximate surface area is 124 Å². The average molecular weight is 313 g/mol. The zero-order valence-electron chi connectivity index (χ0n) is 11.5. The largest absolute Gasteiger partial charge is 0.416 e. The third kappa shape index (κ3) is 5.09. The number of amides is 2. The third-order valence-electron chi connectivity index (χ3n) is 2.88. The molecule has 1 atom stereocenters. The predicted octanol–water partition coefficient (Wildman–Crippen LogP) is 1.98. The Morgan fingerprint density at radius 3 is 2.59 bits per heavy atom. The van der Waals surface area contributed by atoms with Crippen molar-refractivity contribution in [3.05, 3.63) is 35.4 Å². The van der Waals surface area contributed by atoms with E-state index in [1.54, 1.807) is 0 Å². The molecule has 22 heavy (non-hydrogen) atoms. The SMILES string of the molecule is N#CCCC[C@H](NC(=O)c1cccc(C(F)(F)F)c1)C(N)=O. The minimum Gasteiger partial charge on any atom is -0.368 e. The zero-order chi connectivity index (χ0) is 16.8. The number of halogens is 3. The van der Waals surface area contributed by atoms with Crippen LogP contribution in [0.4, 0.5) is 13.2 Å². The molecule has 1 aromatic carbocycles. The lowest BCUT2D eigenvalue weighted by Gasteiger charge is -2.15. The molecule has 0 aliphatic rings. The Morgan fingerprint density at radius 1 is 1.36 bits per heavy atom. The number of benzene rings is 1. The Morgan fingerprint density at radius 2 is 2.05 bits per heavy atom. The molecule has 0 bridgehead atoms. The molecule has 2 amide bonds. The number of hydrogen-bond acceptors (Lipinski definition) is 3. The Bertz CT molecular complexity index is 594. The first kappa shape index (κ1) is 17.5. The van der Waals surface area contributed by atoms with Gasteiger partial charge in [0.05, 0.1) is 11.6 Å². The van der Waals surface area contributed by atoms with E-state index in [1.807, 2.05) is 6.07 Å². The van der Waals surface area contributed by atoms with Crippen LogP contribution in [0, 0.1) is 11.3 Å². The van der Waals surface area contributed by atoms with E-state index in [4.69, 9.17) is 11.0 Å². The topological polar surface area (TPSA) is 96.0 Å². The van der Waals surface area contributed by atoms with E-state index in [0.717, 1.165) is 12.1 Å². The molecule has 0 aromatic heterocycles. The van der Waals surface area contributed by atoms with Crippen LogP contribution in [0.2, 0.25) is 0 Å². The molecule has 0 saturated heterocycles. The Kier molecular flexibility index (Phi) is 5.92. The number of nitrogens with two attached hydrogens (primary N) is 1. The first-order valence-electron chi connectivity index (χ1n) is 6.40. The molecule has 3 N–H and O–H groups in total. The van der Waals surface area contributed by atoms with Gasteiger partial charge in [-0.2, -0.15) is 18.4 Å². The van der Waals surface area contributed by atoms with Gasteiger partial charge in [-0.05, 0) is 31.0 Å². The molecule has 0 unspecified atom stereocenters. The number of alkyl halides is 3. The second-order valence-electron chi connectivity index (χ2n) is 4.56. The van der Waals surface area contributed by atoms with Crippen molar-refractivity contribution in [2.45, 2.75) is 31.5 Å². The molecule has 118 valence electrons. The minimum absolute atomic E-state index is 0.146. The maximum Gasteiger partial charge on any atom is 0.416 e. The van der Waals surface area contributed by atoms with Crippen molar-refractivity contribution in [3.63, 3.8) is 0 Å². The first-order valence-corrected chi connectivity index (χ1v) is 6.40. The molecule has 5 nitrogen and oxygen atoms in total. The van der Waals surface area contributed by atoms with Crippen molar-refractivity contribution in [3.8, 4) is 6.07 Å². The van der Waals surface area contributed by atoms with E-state index in [2.05, 4.69) is 5.32 Å². The highest BCUT2D eigenvalue weighted by Crippen LogP contribution is 2.29. The summed E-state index contributed by atoms with van der Waals surface area (Å²) >= 11 is 0. The number of nitrogens with zero attached hydrogens (tertiary/aromatic N) is 1. The van der Waals surface area contributed by atoms with Crippen molar-refractivity contribution in [1.82, 2.24) is 5.32 Å². The number of unbranched alkanes of at least 4 members (excludes halogenated alkanes) is 1. The maximum atomic E-state index is 12.6. The van der Waals surface area contributed by atoms with Crippen molar-refractivity contribution in [1.29, 1.82) is 5.26 Å². The highest BCUT2D eigenvalue weighted by atomic mass is 19.4. The van der Waals surface area contributed by atoms with Gasteiger partial charge in [0.1, 0.15) is 6.04 Å². The van der Waals surface area contributed by atoms with Gasteiger partial charge in [0.25, 0.3) is 5.91 Å². The van der Waals surface area contributed by atoms with Gasteiger partial charge in [0.2, 0.25) is 5.91 Å². The van der Waals surface area contributed by atoms with Crippen LogP contribution in [0.1, 0.15) is 35.2 Å². The minimum atomic E-state index is -4.56. The summed E-state index contributed by atoms with van der Waals surface area (Å²) in [5.74, 6) is -1.63. The van der Waals surface area contributed by atoms with Gasteiger partial charge >= 0.3 is 6.18 Å². The number of rotatable bonds is 6. The lowest BCUT2D eigenvalue weighted by atomic mass is 10.1. The van der Waals surface area contributed by atoms with Crippen LogP contribution in [-0.4, -0.2) is 17.9 Å². The van der Waals surface area contributed by atoms with E-state index in [9.17, 15) is 22.8 Å². The molecule has 8 heteroatoms. The molecular weight excluding hydrogens is 299 g/mol. The Hall–Kier alpha value is -2.56. The summed E-state index contributed by atoms with van der Waals surface area (Å²) in [6.45, 7) is 0. The highest BCUT2D eigenvalue weighted by molar-refractivity contribution is 5.97. The van der Waals surface area contributed by atoms with Gasteiger partial charge in [-0.3, -0.25) is 9.59 Å². The van der Waals surface area contributed by atoms with Gasteiger partial charge in [-0.15, -0.1) is 0 Å². The van der Waals surface area contributed by atoms with Crippen molar-refractivity contribution in [2.24, 2.45) is 5.73 Å². The summed E-state index contributed by atoms with van der Waals surface area (Å²) in [5, 5.41) is 10.7. The smallest absolute Gasteiger partial charge is 0.368 e. The summed E-state index contributed by atoms with van der Waals surface area (Å²) in [5.41, 5.74) is 3.95. The van der Waals surface area contributed by atoms with E-state index in [-0.39, 0.29) is 18.4 Å². The van der Waals surface area contributed by atoms with Crippen LogP contribution in [0.25, 0.3) is 0 Å². The second-order valence-corrected chi connectivity index (χ2v) is 4.56. The zero-order valence-corrected chi connectivity index (χ0v) is 11.5. The number of nitrogens with one attached hydrogen (secondary N) is 1. The van der Waals surface area contributed by atoms with Crippen LogP contribution in [0.5, 0.6) is 0 Å². The molecule has 0 radical (unpaired) electrons. The van der Waals surface area contributed by atoms with E-state index < -0.39 is 29.6 Å². The van der Waals surface area contributed by atoms with Gasteiger partial charge in [-0.25, -0.2) is 0 Å². The van der Waals surface area contributed by atoms with Crippen molar-refractivity contribution < 1.29 is 22.8 Å². The number of nitriles is 1. The number of hydrogen-bond donors (Lipinski definition) is 2. The summed E-state index contributed by atoms with van der Waals surface area (Å²) in [7, 11) is 0. The third-order valence-corrected chi connectivity index (χ3v) is 2.88. The number of primary amides is 1. The molecule has 0 spiro atoms. The lowest BCUT2D eigenvalue weighted by Crippen LogP contribution is -2.44. The normalized spacial score (nSPS) is 12.3. The fourth-order valence-corrected chi connectivity index (χ4v) is 1.75. The monoisotopic (exact) mass is 313 g/mol. The van der Waals surface area contributed by atoms with Crippen LogP contribution in [-0.2, 0) is 11.0 Å². The Balaban J connectivity index is 2.82. The lowest BCUT2D eigenvalue weighted by molar-refractivity contribution is -0.137. The predicted molar refractivity (Wildman–Crippen MR) is 71.4 cm³/mol. The van der Waals surface area contributed by atoms with Gasteiger partial charge < -0.3 is 11.1 Å². The molecule has 0 aliphatic heterocycles. The quantitative estimate of drug-likeness (QED) is 0.786. The highest BCUT2D eigenvalue weighted by Gasteiger charge is 2.31. The van der Waals surface area contributed by atoms with Crippen LogP contribution in [0.15, 0.2) is 24.3 Å². The summed E-state index contributed by atoms with van der Waals surface area (Å²) < 4.78 is 37.8. The second kappa shape index (κ2) is 7.45. The van der Waals surface area contributed by atoms with Crippen LogP contribution >= 0.6 is 0 Å². The molecular formula is C14H14F3N3O2. The number of carbonyl (C=O) groups excluding carboxylic acids is 2. The van der Waals surface area contributed by atoms with Crippen LogP contribution in [0.3, 0.4) is 0 Å². The fourth-order valence-electron chi connectivity index (χ4n) is 1.75. The van der Waals surface area contributed by atoms with Gasteiger partial charge in [-0.1, -0.05) is 6.07 Å². The van der Waals surface area contributed by atoms with Crippen molar-refractivity contribution >= 4 is 11.8 Å². The maximum absolute atomic E-state index is 12.6. The first-order chi connectivity index (χ1) is 10.3. The molecule has 0 aliphatic carbocycles. The molecule has 0 heterocycles. The fraction of sp³-hybridized carbons (Fsp3) is 0.357. The molecule has 1 rings (SSSR count). The summed E-state index contributed by atoms with van der Waals surface area (Å²) in [6, 6.07) is 4.70. The van der Waals surface area contributed by atoms with Crippen molar-refractivity contribution in [2.75, 3.05) is 0 Å². The van der Waals surface area contributed by atoms with E-state index >= 15 is 0 Å². The standard InChI is InChI=1S/C14H14F3N3O2/c15-14(16,17)10-5-3-4-9(8-10)13(22)20-11(12(19)21)6-1-2-7-18/h3-5,8,11H,1-2,6H2,(H2,19,21)(H,20,22)/t11-/m0/s1. The van der Waals surface area contributed by atoms with Gasteiger partial charge in [0, 0.05) is 12.0 Å². The van der Waals surface area contributed by atoms with Crippen LogP contribution < -0.4 is 11.1 Å². The summed E-state index contributed by atoms with van der Waals surface area (Å²) in [4.78, 5) is 23.2. The molecule has 0 fully saturated rings. The van der Waals surface area contributed by atoms with E-state index in [0.29, 0.717) is 12.5 Å². The van der Waals surface area contributed by atoms with E-state index in [1.165, 1.54) is 6.07 Å². The summed E-state index contributed by atoms with van der Waals surface area (Å²) in [6.07, 6.45) is -3.89. The molecule has 0 saturated carbocycles. The van der Waals surface area contributed by atoms with Gasteiger partial charge in [0.15, 0.2) is 0 Å². The number of carbonyl (C=O) groups is 2. The molecule has 1 aromatic rings.